The fourth-order valence-electron chi connectivity index (χ4n) is 2.56. The Kier molecular flexibility index (Phi) is 8.63. The zero-order valence-corrected chi connectivity index (χ0v) is 12.8. The molecule has 0 aromatic rings. The Balaban J connectivity index is 2.16. The van der Waals surface area contributed by atoms with E-state index in [1.165, 1.54) is 51.4 Å². The second-order valence-corrected chi connectivity index (χ2v) is 5.76. The molecule has 112 valence electrons. The van der Waals surface area contributed by atoms with Crippen molar-refractivity contribution in [1.29, 1.82) is 0 Å². The van der Waals surface area contributed by atoms with Crippen LogP contribution in [0.25, 0.3) is 0 Å². The predicted molar refractivity (Wildman–Crippen MR) is 83.5 cm³/mol. The molecule has 4 nitrogen and oxygen atoms in total. The van der Waals surface area contributed by atoms with E-state index in [0.717, 1.165) is 19.6 Å². The number of nitrogens with zero attached hydrogens (tertiary/aromatic N) is 2. The summed E-state index contributed by atoms with van der Waals surface area (Å²) in [6.45, 7) is 5.17. The van der Waals surface area contributed by atoms with Crippen LogP contribution in [0.1, 0.15) is 58.3 Å². The number of unbranched alkanes of at least 4 members (excludes halogenated alkanes) is 1. The van der Waals surface area contributed by atoms with Crippen molar-refractivity contribution < 1.29 is 0 Å². The van der Waals surface area contributed by atoms with Crippen LogP contribution in [0.4, 0.5) is 0 Å². The highest BCUT2D eigenvalue weighted by atomic mass is 15.1. The summed E-state index contributed by atoms with van der Waals surface area (Å²) in [5.74, 6) is 0.635. The van der Waals surface area contributed by atoms with Crippen molar-refractivity contribution in [3.05, 3.63) is 0 Å². The van der Waals surface area contributed by atoms with Gasteiger partial charge in [-0.25, -0.2) is 0 Å². The average Bonchev–Trinajstić information content (AvgIpc) is 2.65. The van der Waals surface area contributed by atoms with E-state index >= 15 is 0 Å². The van der Waals surface area contributed by atoms with Crippen LogP contribution in [0.3, 0.4) is 0 Å². The number of aliphatic imine (C=N–C) groups is 1. The van der Waals surface area contributed by atoms with Crippen molar-refractivity contribution in [2.75, 3.05) is 26.7 Å². The van der Waals surface area contributed by atoms with E-state index in [-0.39, 0.29) is 0 Å². The summed E-state index contributed by atoms with van der Waals surface area (Å²) in [6, 6.07) is 0.545. The molecule has 0 bridgehead atoms. The summed E-state index contributed by atoms with van der Waals surface area (Å²) in [5.41, 5.74) is 5.96. The highest BCUT2D eigenvalue weighted by molar-refractivity contribution is 5.78. The maximum absolute atomic E-state index is 5.96. The number of hydrogen-bond donors (Lipinski definition) is 2. The van der Waals surface area contributed by atoms with E-state index in [1.807, 2.05) is 0 Å². The molecule has 0 radical (unpaired) electrons. The normalized spacial score (nSPS) is 18.6. The molecule has 3 N–H and O–H groups in total. The van der Waals surface area contributed by atoms with Crippen LogP contribution >= 0.6 is 0 Å². The van der Waals surface area contributed by atoms with Crippen LogP contribution in [0.15, 0.2) is 4.99 Å². The van der Waals surface area contributed by atoms with Crippen LogP contribution in [0.2, 0.25) is 0 Å². The van der Waals surface area contributed by atoms with Crippen LogP contribution in [0, 0.1) is 0 Å². The first kappa shape index (κ1) is 16.3. The monoisotopic (exact) mass is 268 g/mol. The summed E-state index contributed by atoms with van der Waals surface area (Å²) >= 11 is 0. The number of hydrogen-bond acceptors (Lipinski definition) is 2. The summed E-state index contributed by atoms with van der Waals surface area (Å²) in [6.07, 6.45) is 10.4. The topological polar surface area (TPSA) is 53.6 Å². The summed E-state index contributed by atoms with van der Waals surface area (Å²) < 4.78 is 0. The molecule has 19 heavy (non-hydrogen) atoms. The number of guanidine groups is 1. The lowest BCUT2D eigenvalue weighted by Gasteiger charge is -2.17. The average molecular weight is 268 g/mol. The zero-order valence-electron chi connectivity index (χ0n) is 12.8. The van der Waals surface area contributed by atoms with E-state index in [4.69, 9.17) is 5.73 Å². The smallest absolute Gasteiger partial charge is 0.188 e. The van der Waals surface area contributed by atoms with E-state index < -0.39 is 0 Å². The highest BCUT2D eigenvalue weighted by Gasteiger charge is 2.12. The Morgan fingerprint density at radius 2 is 1.89 bits per heavy atom. The third kappa shape index (κ3) is 8.09. The fourth-order valence-corrected chi connectivity index (χ4v) is 2.56. The Labute approximate surface area is 118 Å². The van der Waals surface area contributed by atoms with E-state index in [1.54, 1.807) is 0 Å². The molecule has 0 spiro atoms. The Morgan fingerprint density at radius 1 is 1.21 bits per heavy atom. The van der Waals surface area contributed by atoms with Gasteiger partial charge in [-0.15, -0.1) is 0 Å². The molecule has 4 heteroatoms. The zero-order chi connectivity index (χ0) is 13.9. The van der Waals surface area contributed by atoms with Crippen molar-refractivity contribution in [3.8, 4) is 0 Å². The Bertz CT molecular complexity index is 245. The summed E-state index contributed by atoms with van der Waals surface area (Å²) in [5, 5.41) is 3.38. The van der Waals surface area contributed by atoms with Gasteiger partial charge in [-0.3, -0.25) is 4.99 Å². The minimum absolute atomic E-state index is 0.545. The molecule has 0 aromatic heterocycles. The SMILES string of the molecule is CCCCN(C)CCN=C(N)NC1CCCCCC1. The van der Waals surface area contributed by atoms with Gasteiger partial charge in [-0.2, -0.15) is 0 Å². The molecule has 0 unspecified atom stereocenters. The molecule has 0 heterocycles. The maximum atomic E-state index is 5.96. The quantitative estimate of drug-likeness (QED) is 0.423. The minimum Gasteiger partial charge on any atom is -0.370 e. The van der Waals surface area contributed by atoms with Gasteiger partial charge >= 0.3 is 0 Å². The lowest BCUT2D eigenvalue weighted by molar-refractivity contribution is 0.337. The maximum Gasteiger partial charge on any atom is 0.188 e. The lowest BCUT2D eigenvalue weighted by atomic mass is 10.1. The standard InChI is InChI=1S/C15H32N4/c1-3-4-12-19(2)13-11-17-15(16)18-14-9-7-5-6-8-10-14/h14H,3-13H2,1-2H3,(H3,16,17,18). The first-order valence-electron chi connectivity index (χ1n) is 7.97. The first-order valence-corrected chi connectivity index (χ1v) is 7.97. The molecule has 1 saturated carbocycles. The molecule has 0 atom stereocenters. The van der Waals surface area contributed by atoms with Crippen molar-refractivity contribution >= 4 is 5.96 Å². The minimum atomic E-state index is 0.545. The predicted octanol–water partition coefficient (Wildman–Crippen LogP) is 2.35. The van der Waals surface area contributed by atoms with Crippen molar-refractivity contribution in [2.45, 2.75) is 64.3 Å². The molecule has 0 aliphatic heterocycles. The van der Waals surface area contributed by atoms with Gasteiger partial charge in [0.15, 0.2) is 5.96 Å². The molecule has 1 fully saturated rings. The molecular formula is C15H32N4. The largest absolute Gasteiger partial charge is 0.370 e. The van der Waals surface area contributed by atoms with E-state index in [9.17, 15) is 0 Å². The second-order valence-electron chi connectivity index (χ2n) is 5.76. The van der Waals surface area contributed by atoms with Crippen LogP contribution in [0.5, 0.6) is 0 Å². The third-order valence-corrected chi connectivity index (χ3v) is 3.86. The number of rotatable bonds is 7. The van der Waals surface area contributed by atoms with Crippen LogP contribution in [-0.4, -0.2) is 43.6 Å². The van der Waals surface area contributed by atoms with Gasteiger partial charge in [0.25, 0.3) is 0 Å². The lowest BCUT2D eigenvalue weighted by Crippen LogP contribution is -2.40. The van der Waals surface area contributed by atoms with Gasteiger partial charge in [0.05, 0.1) is 6.54 Å². The van der Waals surface area contributed by atoms with Gasteiger partial charge < -0.3 is 16.0 Å². The van der Waals surface area contributed by atoms with E-state index in [2.05, 4.69) is 29.2 Å². The molecule has 0 saturated heterocycles. The molecular weight excluding hydrogens is 236 g/mol. The van der Waals surface area contributed by atoms with Crippen molar-refractivity contribution in [1.82, 2.24) is 10.2 Å². The van der Waals surface area contributed by atoms with Crippen molar-refractivity contribution in [2.24, 2.45) is 10.7 Å². The molecule has 1 aliphatic carbocycles. The van der Waals surface area contributed by atoms with Crippen LogP contribution < -0.4 is 11.1 Å². The fraction of sp³-hybridized carbons (Fsp3) is 0.933. The van der Waals surface area contributed by atoms with Gasteiger partial charge in [-0.1, -0.05) is 39.0 Å². The molecule has 1 aliphatic rings. The summed E-state index contributed by atoms with van der Waals surface area (Å²) in [7, 11) is 2.15. The number of likely N-dealkylation sites (N-methyl/N-ethyl adjacent to an activating group) is 1. The Hall–Kier alpha value is -0.770. The van der Waals surface area contributed by atoms with Crippen LogP contribution in [-0.2, 0) is 0 Å². The Morgan fingerprint density at radius 3 is 2.53 bits per heavy atom. The summed E-state index contributed by atoms with van der Waals surface area (Å²) in [4.78, 5) is 6.76. The molecule has 0 aromatic carbocycles. The number of nitrogens with one attached hydrogen (secondary N) is 1. The van der Waals surface area contributed by atoms with Gasteiger partial charge in [0.1, 0.15) is 0 Å². The van der Waals surface area contributed by atoms with E-state index in [0.29, 0.717) is 12.0 Å². The van der Waals surface area contributed by atoms with Gasteiger partial charge in [0, 0.05) is 12.6 Å². The van der Waals surface area contributed by atoms with Crippen molar-refractivity contribution in [3.63, 3.8) is 0 Å². The van der Waals surface area contributed by atoms with Gasteiger partial charge in [0.2, 0.25) is 0 Å². The molecule has 0 amide bonds. The number of nitrogens with two attached hydrogens (primary N) is 1. The first-order chi connectivity index (χ1) is 9.22. The highest BCUT2D eigenvalue weighted by Crippen LogP contribution is 2.16. The second kappa shape index (κ2) is 10.1. The molecule has 1 rings (SSSR count). The van der Waals surface area contributed by atoms with Gasteiger partial charge in [-0.05, 0) is 32.9 Å². The third-order valence-electron chi connectivity index (χ3n) is 3.86.